The average molecular weight is 338 g/mol. The summed E-state index contributed by atoms with van der Waals surface area (Å²) < 4.78 is 0. The lowest BCUT2D eigenvalue weighted by atomic mass is 9.73. The summed E-state index contributed by atoms with van der Waals surface area (Å²) in [6.07, 6.45) is 4.48. The van der Waals surface area contributed by atoms with Crippen molar-refractivity contribution in [3.8, 4) is 0 Å². The minimum atomic E-state index is -0.824. The Bertz CT molecular complexity index is 497. The zero-order chi connectivity index (χ0) is 17.9. The second-order valence-electron chi connectivity index (χ2n) is 7.80. The van der Waals surface area contributed by atoms with Crippen LogP contribution in [0, 0.1) is 17.8 Å². The van der Waals surface area contributed by atoms with E-state index in [0.717, 1.165) is 12.8 Å². The number of hydrogen-bond acceptors (Lipinski definition) is 3. The van der Waals surface area contributed by atoms with Gasteiger partial charge in [-0.2, -0.15) is 0 Å². The van der Waals surface area contributed by atoms with E-state index < -0.39 is 17.4 Å². The molecule has 1 aliphatic carbocycles. The number of nitrogens with one attached hydrogen (secondary N) is 1. The van der Waals surface area contributed by atoms with E-state index in [1.165, 1.54) is 0 Å². The lowest BCUT2D eigenvalue weighted by molar-refractivity contribution is -0.147. The smallest absolute Gasteiger partial charge is 0.308 e. The Labute approximate surface area is 144 Å². The molecule has 1 heterocycles. The molecule has 2 aliphatic rings. The summed E-state index contributed by atoms with van der Waals surface area (Å²) in [5.41, 5.74) is -0.661. The predicted molar refractivity (Wildman–Crippen MR) is 90.3 cm³/mol. The quantitative estimate of drug-likeness (QED) is 0.821. The van der Waals surface area contributed by atoms with Gasteiger partial charge in [0.1, 0.15) is 0 Å². The molecule has 2 unspecified atom stereocenters. The Kier molecular flexibility index (Phi) is 5.88. The van der Waals surface area contributed by atoms with Crippen LogP contribution in [0.1, 0.15) is 59.3 Å². The molecule has 6 heteroatoms. The van der Waals surface area contributed by atoms with Crippen molar-refractivity contribution in [2.24, 2.45) is 17.8 Å². The Morgan fingerprint density at radius 2 is 1.75 bits per heavy atom. The van der Waals surface area contributed by atoms with Crippen LogP contribution in [0.15, 0.2) is 0 Å². The Hall–Kier alpha value is -1.59. The van der Waals surface area contributed by atoms with E-state index >= 15 is 0 Å². The summed E-state index contributed by atoms with van der Waals surface area (Å²) in [5.74, 6) is -1.41. The van der Waals surface area contributed by atoms with Crippen molar-refractivity contribution in [1.29, 1.82) is 0 Å². The van der Waals surface area contributed by atoms with Crippen molar-refractivity contribution < 1.29 is 19.5 Å². The molecule has 6 nitrogen and oxygen atoms in total. The van der Waals surface area contributed by atoms with Crippen LogP contribution in [0.25, 0.3) is 0 Å². The third-order valence-corrected chi connectivity index (χ3v) is 5.59. The molecule has 2 N–H and O–H groups in total. The van der Waals surface area contributed by atoms with Gasteiger partial charge in [0.15, 0.2) is 0 Å². The number of rotatable bonds is 4. The number of hydrogen-bond donors (Lipinski definition) is 2. The van der Waals surface area contributed by atoms with Crippen molar-refractivity contribution >= 4 is 17.8 Å². The molecular weight excluding hydrogens is 308 g/mol. The average Bonchev–Trinajstić information content (AvgIpc) is 2.53. The van der Waals surface area contributed by atoms with Crippen molar-refractivity contribution in [3.05, 3.63) is 0 Å². The Morgan fingerprint density at radius 3 is 2.29 bits per heavy atom. The highest BCUT2D eigenvalue weighted by atomic mass is 16.4. The van der Waals surface area contributed by atoms with Crippen LogP contribution < -0.4 is 5.32 Å². The predicted octanol–water partition coefficient (Wildman–Crippen LogP) is 2.03. The maximum atomic E-state index is 12.6. The molecule has 0 aromatic carbocycles. The normalized spacial score (nSPS) is 28.7. The molecule has 0 aromatic rings. The molecule has 2 fully saturated rings. The van der Waals surface area contributed by atoms with Crippen LogP contribution in [0.4, 0.5) is 0 Å². The van der Waals surface area contributed by atoms with E-state index in [1.807, 2.05) is 25.7 Å². The van der Waals surface area contributed by atoms with Gasteiger partial charge in [0.05, 0.1) is 11.5 Å². The summed E-state index contributed by atoms with van der Waals surface area (Å²) in [5, 5.41) is 12.5. The van der Waals surface area contributed by atoms with Gasteiger partial charge >= 0.3 is 5.97 Å². The van der Waals surface area contributed by atoms with Crippen LogP contribution >= 0.6 is 0 Å². The first-order valence-corrected chi connectivity index (χ1v) is 9.08. The summed E-state index contributed by atoms with van der Waals surface area (Å²) in [6.45, 7) is 6.84. The highest BCUT2D eigenvalue weighted by molar-refractivity contribution is 5.82. The molecule has 2 rings (SSSR count). The molecule has 136 valence electrons. The number of carboxylic acids is 1. The molecule has 0 radical (unpaired) electrons. The van der Waals surface area contributed by atoms with Crippen LogP contribution in [-0.2, 0) is 14.4 Å². The fourth-order valence-electron chi connectivity index (χ4n) is 3.99. The van der Waals surface area contributed by atoms with Gasteiger partial charge in [0, 0.05) is 24.9 Å². The summed E-state index contributed by atoms with van der Waals surface area (Å²) in [6, 6.07) is 0. The molecule has 24 heavy (non-hydrogen) atoms. The van der Waals surface area contributed by atoms with E-state index in [9.17, 15) is 19.5 Å². The summed E-state index contributed by atoms with van der Waals surface area (Å²) in [7, 11) is 0. The standard InChI is InChI=1S/C18H30N2O4/c1-12(2)16(22)20-10-7-13(8-11-20)15(21)19-18(3)9-5-4-6-14(18)17(23)24/h12-14H,4-11H2,1-3H3,(H,19,21)(H,23,24). The van der Waals surface area contributed by atoms with E-state index in [-0.39, 0.29) is 23.7 Å². The second-order valence-corrected chi connectivity index (χ2v) is 7.80. The van der Waals surface area contributed by atoms with Crippen LogP contribution in [-0.4, -0.2) is 46.4 Å². The number of amides is 2. The molecule has 0 aromatic heterocycles. The Morgan fingerprint density at radius 1 is 1.12 bits per heavy atom. The van der Waals surface area contributed by atoms with Gasteiger partial charge in [-0.05, 0) is 32.6 Å². The maximum absolute atomic E-state index is 12.6. The van der Waals surface area contributed by atoms with Crippen molar-refractivity contribution in [3.63, 3.8) is 0 Å². The fraction of sp³-hybridized carbons (Fsp3) is 0.833. The zero-order valence-electron chi connectivity index (χ0n) is 15.0. The Balaban J connectivity index is 1.93. The van der Waals surface area contributed by atoms with E-state index in [4.69, 9.17) is 0 Å². The number of nitrogens with zero attached hydrogens (tertiary/aromatic N) is 1. The zero-order valence-corrected chi connectivity index (χ0v) is 15.0. The van der Waals surface area contributed by atoms with Gasteiger partial charge in [0.25, 0.3) is 0 Å². The molecule has 2 amide bonds. The van der Waals surface area contributed by atoms with E-state index in [2.05, 4.69) is 5.32 Å². The summed E-state index contributed by atoms with van der Waals surface area (Å²) in [4.78, 5) is 38.0. The second kappa shape index (κ2) is 7.53. The third-order valence-electron chi connectivity index (χ3n) is 5.59. The molecule has 1 saturated heterocycles. The molecular formula is C18H30N2O4. The largest absolute Gasteiger partial charge is 0.481 e. The van der Waals surface area contributed by atoms with E-state index in [0.29, 0.717) is 38.8 Å². The molecule has 2 atom stereocenters. The number of aliphatic carboxylic acids is 1. The molecule has 1 saturated carbocycles. The van der Waals surface area contributed by atoms with Gasteiger partial charge in [-0.1, -0.05) is 26.7 Å². The van der Waals surface area contributed by atoms with Crippen molar-refractivity contribution in [1.82, 2.24) is 10.2 Å². The number of carboxylic acid groups (broad SMARTS) is 1. The van der Waals surface area contributed by atoms with Gasteiger partial charge in [-0.25, -0.2) is 0 Å². The number of likely N-dealkylation sites (tertiary alicyclic amines) is 1. The van der Waals surface area contributed by atoms with Crippen molar-refractivity contribution in [2.75, 3.05) is 13.1 Å². The highest BCUT2D eigenvalue weighted by Crippen LogP contribution is 2.34. The molecule has 0 spiro atoms. The first-order valence-electron chi connectivity index (χ1n) is 9.08. The first-order chi connectivity index (χ1) is 11.2. The van der Waals surface area contributed by atoms with Crippen LogP contribution in [0.3, 0.4) is 0 Å². The number of carbonyl (C=O) groups excluding carboxylic acids is 2. The lowest BCUT2D eigenvalue weighted by Crippen LogP contribution is -2.57. The minimum absolute atomic E-state index is 0.0205. The topological polar surface area (TPSA) is 86.7 Å². The van der Waals surface area contributed by atoms with E-state index in [1.54, 1.807) is 0 Å². The monoisotopic (exact) mass is 338 g/mol. The van der Waals surface area contributed by atoms with Crippen LogP contribution in [0.5, 0.6) is 0 Å². The molecule has 0 bridgehead atoms. The van der Waals surface area contributed by atoms with Crippen LogP contribution in [0.2, 0.25) is 0 Å². The molecule has 1 aliphatic heterocycles. The minimum Gasteiger partial charge on any atom is -0.481 e. The van der Waals surface area contributed by atoms with Crippen molar-refractivity contribution in [2.45, 2.75) is 64.8 Å². The third kappa shape index (κ3) is 4.08. The first kappa shape index (κ1) is 18.7. The van der Waals surface area contributed by atoms with Gasteiger partial charge in [-0.3, -0.25) is 14.4 Å². The SMILES string of the molecule is CC(C)C(=O)N1CCC(C(=O)NC2(C)CCCCC2C(=O)O)CC1. The number of piperidine rings is 1. The lowest BCUT2D eigenvalue weighted by Gasteiger charge is -2.41. The van der Waals surface area contributed by atoms with Gasteiger partial charge in [0.2, 0.25) is 11.8 Å². The number of carbonyl (C=O) groups is 3. The van der Waals surface area contributed by atoms with Gasteiger partial charge < -0.3 is 15.3 Å². The summed E-state index contributed by atoms with van der Waals surface area (Å²) >= 11 is 0. The highest BCUT2D eigenvalue weighted by Gasteiger charge is 2.43. The maximum Gasteiger partial charge on any atom is 0.308 e. The fourth-order valence-corrected chi connectivity index (χ4v) is 3.99. The van der Waals surface area contributed by atoms with Gasteiger partial charge in [-0.15, -0.1) is 0 Å².